The van der Waals surface area contributed by atoms with E-state index in [1.54, 1.807) is 0 Å². The van der Waals surface area contributed by atoms with Crippen LogP contribution in [0.5, 0.6) is 11.6 Å². The topological polar surface area (TPSA) is 66.1 Å². The molecule has 7 heteroatoms. The van der Waals surface area contributed by atoms with Crippen molar-refractivity contribution in [2.75, 3.05) is 0 Å². The van der Waals surface area contributed by atoms with Gasteiger partial charge in [-0.2, -0.15) is 10.2 Å². The Morgan fingerprint density at radius 1 is 1.43 bits per heavy atom. The van der Waals surface area contributed by atoms with Crippen LogP contribution in [0.4, 0.5) is 13.2 Å². The molecule has 0 aromatic carbocycles. The molecule has 0 saturated carbocycles. The average Bonchev–Trinajstić information content (AvgIpc) is 2.06. The number of nitrogens with zero attached hydrogens (tertiary/aromatic N) is 2. The molecule has 0 atom stereocenters. The summed E-state index contributed by atoms with van der Waals surface area (Å²) < 4.78 is 38.5. The quantitative estimate of drug-likeness (QED) is 0.753. The average molecular weight is 204 g/mol. The van der Waals surface area contributed by atoms with Crippen LogP contribution in [0.1, 0.15) is 5.69 Å². The summed E-state index contributed by atoms with van der Waals surface area (Å²) >= 11 is 0. The number of hydrogen-bond acceptors (Lipinski definition) is 4. The summed E-state index contributed by atoms with van der Waals surface area (Å²) in [5, 5.41) is 17.2. The molecular formula is C7H3F3N2O2. The van der Waals surface area contributed by atoms with E-state index in [4.69, 9.17) is 10.4 Å². The number of halogens is 3. The zero-order valence-corrected chi connectivity index (χ0v) is 6.54. The fourth-order valence-corrected chi connectivity index (χ4v) is 0.680. The molecule has 0 fully saturated rings. The van der Waals surface area contributed by atoms with Crippen LogP contribution in [0.2, 0.25) is 0 Å². The van der Waals surface area contributed by atoms with Gasteiger partial charge in [0.25, 0.3) is 5.88 Å². The SMILES string of the molecule is N#Cc1ccc(O)c(OC(F)(F)F)n1. The Kier molecular flexibility index (Phi) is 2.47. The molecule has 0 radical (unpaired) electrons. The van der Waals surface area contributed by atoms with E-state index in [2.05, 4.69) is 9.72 Å². The molecule has 0 aliphatic carbocycles. The largest absolute Gasteiger partial charge is 0.574 e. The van der Waals surface area contributed by atoms with Crippen molar-refractivity contribution in [3.8, 4) is 17.7 Å². The third-order valence-electron chi connectivity index (χ3n) is 1.17. The van der Waals surface area contributed by atoms with E-state index in [1.807, 2.05) is 0 Å². The van der Waals surface area contributed by atoms with Gasteiger partial charge in [0.15, 0.2) is 5.75 Å². The summed E-state index contributed by atoms with van der Waals surface area (Å²) in [5.41, 5.74) is -0.276. The van der Waals surface area contributed by atoms with Gasteiger partial charge in [0.1, 0.15) is 11.8 Å². The second-order valence-electron chi connectivity index (χ2n) is 2.18. The number of rotatable bonds is 1. The van der Waals surface area contributed by atoms with Gasteiger partial charge in [-0.25, -0.2) is 0 Å². The molecule has 1 aromatic heterocycles. The summed E-state index contributed by atoms with van der Waals surface area (Å²) in [4.78, 5) is 3.12. The molecule has 1 rings (SSSR count). The Morgan fingerprint density at radius 2 is 2.07 bits per heavy atom. The highest BCUT2D eigenvalue weighted by molar-refractivity contribution is 5.36. The molecule has 74 valence electrons. The first-order valence-corrected chi connectivity index (χ1v) is 3.28. The Hall–Kier alpha value is -1.97. The van der Waals surface area contributed by atoms with Gasteiger partial charge in [-0.1, -0.05) is 0 Å². The third kappa shape index (κ3) is 2.52. The second-order valence-corrected chi connectivity index (χ2v) is 2.18. The molecule has 0 amide bonds. The van der Waals surface area contributed by atoms with Gasteiger partial charge < -0.3 is 9.84 Å². The van der Waals surface area contributed by atoms with Crippen molar-refractivity contribution in [1.82, 2.24) is 4.98 Å². The van der Waals surface area contributed by atoms with Gasteiger partial charge in [0.05, 0.1) is 0 Å². The van der Waals surface area contributed by atoms with Crippen LogP contribution in [0.3, 0.4) is 0 Å². The minimum absolute atomic E-state index is 0.276. The van der Waals surface area contributed by atoms with Crippen LogP contribution in [-0.2, 0) is 0 Å². The Bertz CT molecular complexity index is 384. The minimum atomic E-state index is -4.95. The number of pyridine rings is 1. The summed E-state index contributed by atoms with van der Waals surface area (Å²) in [6.07, 6.45) is -4.95. The number of nitriles is 1. The van der Waals surface area contributed by atoms with Crippen LogP contribution in [0.15, 0.2) is 12.1 Å². The molecule has 14 heavy (non-hydrogen) atoms. The summed E-state index contributed by atoms with van der Waals surface area (Å²) in [6, 6.07) is 3.47. The minimum Gasteiger partial charge on any atom is -0.503 e. The first-order chi connectivity index (χ1) is 6.42. The van der Waals surface area contributed by atoms with Crippen molar-refractivity contribution in [1.29, 1.82) is 5.26 Å². The van der Waals surface area contributed by atoms with Gasteiger partial charge in [-0.3, -0.25) is 0 Å². The number of aromatic nitrogens is 1. The van der Waals surface area contributed by atoms with E-state index in [9.17, 15) is 13.2 Å². The van der Waals surface area contributed by atoms with Crippen molar-refractivity contribution >= 4 is 0 Å². The first kappa shape index (κ1) is 10.1. The van der Waals surface area contributed by atoms with Crippen LogP contribution in [0, 0.1) is 11.3 Å². The maximum Gasteiger partial charge on any atom is 0.574 e. The molecule has 4 nitrogen and oxygen atoms in total. The smallest absolute Gasteiger partial charge is 0.503 e. The fourth-order valence-electron chi connectivity index (χ4n) is 0.680. The molecule has 1 N–H and O–H groups in total. The first-order valence-electron chi connectivity index (χ1n) is 3.28. The summed E-state index contributed by atoms with van der Waals surface area (Å²) in [6.45, 7) is 0. The lowest BCUT2D eigenvalue weighted by Crippen LogP contribution is -2.18. The van der Waals surface area contributed by atoms with Crippen molar-refractivity contribution in [2.45, 2.75) is 6.36 Å². The molecule has 0 aliphatic heterocycles. The molecule has 1 aromatic rings. The number of ether oxygens (including phenoxy) is 1. The van der Waals surface area contributed by atoms with Gasteiger partial charge in [0, 0.05) is 0 Å². The lowest BCUT2D eigenvalue weighted by molar-refractivity contribution is -0.276. The van der Waals surface area contributed by atoms with Crippen LogP contribution in [-0.4, -0.2) is 16.5 Å². The Balaban J connectivity index is 3.03. The third-order valence-corrected chi connectivity index (χ3v) is 1.17. The number of hydrogen-bond donors (Lipinski definition) is 1. The van der Waals surface area contributed by atoms with Crippen LogP contribution in [0.25, 0.3) is 0 Å². The highest BCUT2D eigenvalue weighted by atomic mass is 19.4. The second kappa shape index (κ2) is 3.41. The van der Waals surface area contributed by atoms with Crippen LogP contribution < -0.4 is 4.74 Å². The highest BCUT2D eigenvalue weighted by Gasteiger charge is 2.33. The molecule has 0 aliphatic rings. The lowest BCUT2D eigenvalue weighted by Gasteiger charge is -2.08. The van der Waals surface area contributed by atoms with E-state index >= 15 is 0 Å². The monoisotopic (exact) mass is 204 g/mol. The number of aromatic hydroxyl groups is 1. The molecule has 0 saturated heterocycles. The molecular weight excluding hydrogens is 201 g/mol. The maximum atomic E-state index is 11.7. The van der Waals surface area contributed by atoms with E-state index < -0.39 is 18.0 Å². The zero-order valence-electron chi connectivity index (χ0n) is 6.54. The predicted molar refractivity (Wildman–Crippen MR) is 37.3 cm³/mol. The van der Waals surface area contributed by atoms with E-state index in [0.29, 0.717) is 0 Å². The standard InChI is InChI=1S/C7H3F3N2O2/c8-7(9,10)14-6-5(13)2-1-4(3-11)12-6/h1-2,13H. The lowest BCUT2D eigenvalue weighted by atomic mass is 10.3. The van der Waals surface area contributed by atoms with Gasteiger partial charge >= 0.3 is 6.36 Å². The normalized spacial score (nSPS) is 10.7. The van der Waals surface area contributed by atoms with Crippen molar-refractivity contribution in [3.05, 3.63) is 17.8 Å². The van der Waals surface area contributed by atoms with Crippen LogP contribution >= 0.6 is 0 Å². The van der Waals surface area contributed by atoms with E-state index in [-0.39, 0.29) is 5.69 Å². The van der Waals surface area contributed by atoms with E-state index in [0.717, 1.165) is 12.1 Å². The van der Waals surface area contributed by atoms with E-state index in [1.165, 1.54) is 6.07 Å². The predicted octanol–water partition coefficient (Wildman–Crippen LogP) is 1.56. The maximum absolute atomic E-state index is 11.7. The molecule has 1 heterocycles. The van der Waals surface area contributed by atoms with Crippen molar-refractivity contribution in [2.24, 2.45) is 0 Å². The van der Waals surface area contributed by atoms with Gasteiger partial charge in [0.2, 0.25) is 0 Å². The zero-order chi connectivity index (χ0) is 10.8. The van der Waals surface area contributed by atoms with Gasteiger partial charge in [-0.15, -0.1) is 13.2 Å². The summed E-state index contributed by atoms with van der Waals surface area (Å²) in [5.74, 6) is -1.81. The molecule has 0 spiro atoms. The molecule has 0 unspecified atom stereocenters. The van der Waals surface area contributed by atoms with Crippen molar-refractivity contribution < 1.29 is 23.0 Å². The fraction of sp³-hybridized carbons (Fsp3) is 0.143. The van der Waals surface area contributed by atoms with Gasteiger partial charge in [-0.05, 0) is 12.1 Å². The Morgan fingerprint density at radius 3 is 2.57 bits per heavy atom. The van der Waals surface area contributed by atoms with Crippen molar-refractivity contribution in [3.63, 3.8) is 0 Å². The molecule has 0 bridgehead atoms. The summed E-state index contributed by atoms with van der Waals surface area (Å²) in [7, 11) is 0. The Labute approximate surface area is 76.2 Å². The highest BCUT2D eigenvalue weighted by Crippen LogP contribution is 2.28. The number of alkyl halides is 3.